The highest BCUT2D eigenvalue weighted by Crippen LogP contribution is 2.41. The number of rotatable bonds is 4. The van der Waals surface area contributed by atoms with Gasteiger partial charge in [-0.05, 0) is 41.8 Å². The number of amides is 1. The number of hydrogen-bond donors (Lipinski definition) is 4. The molecule has 3 aromatic carbocycles. The average molecular weight is 371 g/mol. The van der Waals surface area contributed by atoms with Gasteiger partial charge >= 0.3 is 0 Å². The summed E-state index contributed by atoms with van der Waals surface area (Å²) < 4.78 is 32.3. The lowest BCUT2D eigenvalue weighted by molar-refractivity contribution is 0.102. The predicted octanol–water partition coefficient (Wildman–Crippen LogP) is 3.71. The normalized spacial score (nSPS) is 11.3. The number of benzene rings is 3. The van der Waals surface area contributed by atoms with Crippen LogP contribution >= 0.6 is 0 Å². The van der Waals surface area contributed by atoms with Gasteiger partial charge in [-0.1, -0.05) is 18.2 Å². The fourth-order valence-corrected chi connectivity index (χ4v) is 3.19. The highest BCUT2D eigenvalue weighted by atomic mass is 32.2. The molecule has 0 radical (unpaired) electrons. The topological polar surface area (TPSA) is 140 Å². The molecule has 0 aliphatic heterocycles. The average Bonchev–Trinajstić information content (AvgIpc) is 2.61. The number of phenolic OH excluding ortho intramolecular Hbond substituents is 1. The number of fused-ring (bicyclic) bond motifs is 1. The van der Waals surface area contributed by atoms with Crippen LogP contribution in [-0.4, -0.2) is 24.0 Å². The van der Waals surface area contributed by atoms with E-state index in [1.807, 2.05) is 0 Å². The molecular weight excluding hydrogens is 358 g/mol. The van der Waals surface area contributed by atoms with Gasteiger partial charge in [0.05, 0.1) is 0 Å². The molecule has 26 heavy (non-hydrogen) atoms. The van der Waals surface area contributed by atoms with Crippen LogP contribution in [0.1, 0.15) is 10.4 Å². The van der Waals surface area contributed by atoms with Gasteiger partial charge < -0.3 is 10.4 Å². The lowest BCUT2D eigenvalue weighted by atomic mass is 10.1. The molecule has 0 atom stereocenters. The fourth-order valence-electron chi connectivity index (χ4n) is 2.53. The first-order valence-corrected chi connectivity index (χ1v) is 8.76. The molecule has 4 N–H and O–H groups in total. The molecule has 132 valence electrons. The Morgan fingerprint density at radius 1 is 1.08 bits per heavy atom. The van der Waals surface area contributed by atoms with Gasteiger partial charge in [0.1, 0.15) is 10.6 Å². The van der Waals surface area contributed by atoms with Crippen LogP contribution in [-0.2, 0) is 10.1 Å². The summed E-state index contributed by atoms with van der Waals surface area (Å²) >= 11 is 0. The Balaban J connectivity index is 2.08. The molecule has 0 unspecified atom stereocenters. The summed E-state index contributed by atoms with van der Waals surface area (Å²) in [5.41, 5.74) is 7.29. The Bertz CT molecular complexity index is 1130. The molecule has 8 nitrogen and oxygen atoms in total. The minimum atomic E-state index is -4.70. The van der Waals surface area contributed by atoms with Gasteiger partial charge in [-0.25, -0.2) is 5.53 Å². The predicted molar refractivity (Wildman–Crippen MR) is 94.6 cm³/mol. The molecular formula is C17H13N3O5S. The van der Waals surface area contributed by atoms with Crippen molar-refractivity contribution < 1.29 is 22.9 Å². The molecule has 1 amide bonds. The van der Waals surface area contributed by atoms with Gasteiger partial charge in [0.2, 0.25) is 0 Å². The van der Waals surface area contributed by atoms with Crippen molar-refractivity contribution in [2.24, 2.45) is 5.11 Å². The SMILES string of the molecule is N=Nc1c(S(=O)(=O)O)cc2cc(NC(=O)c3ccccc3)ccc2c1O. The van der Waals surface area contributed by atoms with E-state index in [0.29, 0.717) is 11.3 Å². The molecule has 0 aromatic heterocycles. The Hall–Kier alpha value is -3.30. The van der Waals surface area contributed by atoms with Crippen molar-refractivity contribution >= 4 is 38.2 Å². The number of phenols is 1. The minimum Gasteiger partial charge on any atom is -0.505 e. The number of carbonyl (C=O) groups is 1. The Labute approximate surface area is 148 Å². The molecule has 0 saturated carbocycles. The van der Waals surface area contributed by atoms with E-state index < -0.39 is 26.5 Å². The van der Waals surface area contributed by atoms with Gasteiger partial charge in [-0.15, -0.1) is 0 Å². The van der Waals surface area contributed by atoms with Crippen LogP contribution in [0.5, 0.6) is 5.75 Å². The zero-order valence-electron chi connectivity index (χ0n) is 13.2. The van der Waals surface area contributed by atoms with Crippen LogP contribution in [0.2, 0.25) is 0 Å². The highest BCUT2D eigenvalue weighted by molar-refractivity contribution is 7.86. The van der Waals surface area contributed by atoms with E-state index in [1.54, 1.807) is 30.3 Å². The van der Waals surface area contributed by atoms with Crippen LogP contribution in [0, 0.1) is 5.53 Å². The summed E-state index contributed by atoms with van der Waals surface area (Å²) in [5, 5.41) is 16.3. The van der Waals surface area contributed by atoms with Crippen molar-refractivity contribution in [3.05, 3.63) is 60.2 Å². The molecule has 3 rings (SSSR count). The lowest BCUT2D eigenvalue weighted by Gasteiger charge is -2.10. The van der Waals surface area contributed by atoms with Crippen molar-refractivity contribution in [1.29, 1.82) is 5.53 Å². The van der Waals surface area contributed by atoms with Gasteiger partial charge in [-0.2, -0.15) is 13.5 Å². The van der Waals surface area contributed by atoms with Crippen molar-refractivity contribution in [2.75, 3.05) is 5.32 Å². The molecule has 0 heterocycles. The van der Waals surface area contributed by atoms with Crippen molar-refractivity contribution in [3.8, 4) is 5.75 Å². The maximum Gasteiger partial charge on any atom is 0.296 e. The number of nitrogens with one attached hydrogen (secondary N) is 2. The van der Waals surface area contributed by atoms with E-state index in [9.17, 15) is 22.9 Å². The smallest absolute Gasteiger partial charge is 0.296 e. The van der Waals surface area contributed by atoms with E-state index in [-0.39, 0.29) is 16.7 Å². The monoisotopic (exact) mass is 371 g/mol. The molecule has 9 heteroatoms. The first-order chi connectivity index (χ1) is 12.3. The summed E-state index contributed by atoms with van der Waals surface area (Å²) in [7, 11) is -4.70. The van der Waals surface area contributed by atoms with Crippen LogP contribution < -0.4 is 5.32 Å². The summed E-state index contributed by atoms with van der Waals surface area (Å²) in [6.45, 7) is 0. The number of carbonyl (C=O) groups excluding carboxylic acids is 1. The molecule has 0 fully saturated rings. The zero-order chi connectivity index (χ0) is 18.9. The van der Waals surface area contributed by atoms with Gasteiger partial charge in [0.25, 0.3) is 16.0 Å². The van der Waals surface area contributed by atoms with Crippen molar-refractivity contribution in [2.45, 2.75) is 4.90 Å². The second kappa shape index (κ2) is 6.54. The van der Waals surface area contributed by atoms with E-state index >= 15 is 0 Å². The highest BCUT2D eigenvalue weighted by Gasteiger charge is 2.21. The van der Waals surface area contributed by atoms with E-state index in [4.69, 9.17) is 5.53 Å². The summed E-state index contributed by atoms with van der Waals surface area (Å²) in [6, 6.07) is 14.0. The number of hydrogen-bond acceptors (Lipinski definition) is 6. The van der Waals surface area contributed by atoms with Crippen LogP contribution in [0.3, 0.4) is 0 Å². The first-order valence-electron chi connectivity index (χ1n) is 7.32. The van der Waals surface area contributed by atoms with E-state index in [1.165, 1.54) is 18.2 Å². The summed E-state index contributed by atoms with van der Waals surface area (Å²) in [5.74, 6) is -0.909. The van der Waals surface area contributed by atoms with Gasteiger partial charge in [0, 0.05) is 16.6 Å². The largest absolute Gasteiger partial charge is 0.505 e. The summed E-state index contributed by atoms with van der Waals surface area (Å²) in [4.78, 5) is 11.5. The third kappa shape index (κ3) is 3.25. The molecule has 0 aliphatic carbocycles. The van der Waals surface area contributed by atoms with Crippen LogP contribution in [0.4, 0.5) is 11.4 Å². The minimum absolute atomic E-state index is 0.223. The molecule has 3 aromatic rings. The maximum atomic E-state index is 12.2. The fraction of sp³-hybridized carbons (Fsp3) is 0. The first kappa shape index (κ1) is 17.5. The second-order valence-corrected chi connectivity index (χ2v) is 6.80. The lowest BCUT2D eigenvalue weighted by Crippen LogP contribution is -2.11. The van der Waals surface area contributed by atoms with E-state index in [0.717, 1.165) is 6.07 Å². The zero-order valence-corrected chi connectivity index (χ0v) is 14.0. The van der Waals surface area contributed by atoms with Crippen molar-refractivity contribution in [3.63, 3.8) is 0 Å². The van der Waals surface area contributed by atoms with Crippen molar-refractivity contribution in [1.82, 2.24) is 0 Å². The third-order valence-corrected chi connectivity index (χ3v) is 4.60. The van der Waals surface area contributed by atoms with Crippen LogP contribution in [0.15, 0.2) is 64.6 Å². The Morgan fingerprint density at radius 3 is 2.38 bits per heavy atom. The third-order valence-electron chi connectivity index (χ3n) is 3.73. The van der Waals surface area contributed by atoms with Crippen LogP contribution in [0.25, 0.3) is 10.8 Å². The summed E-state index contributed by atoms with van der Waals surface area (Å²) in [6.07, 6.45) is 0. The number of nitrogens with zero attached hydrogens (tertiary/aromatic N) is 1. The van der Waals surface area contributed by atoms with Gasteiger partial charge in [0.15, 0.2) is 5.75 Å². The van der Waals surface area contributed by atoms with Gasteiger partial charge in [-0.3, -0.25) is 9.35 Å². The number of anilines is 1. The second-order valence-electron chi connectivity index (χ2n) is 5.41. The standard InChI is InChI=1S/C17H13N3O5S/c18-20-15-14(26(23,24)25)9-11-8-12(6-7-13(11)16(15)21)19-17(22)10-4-2-1-3-5-10/h1-9,18,21H,(H,19,22)(H,23,24,25). The number of aromatic hydroxyl groups is 1. The quantitative estimate of drug-likeness (QED) is 0.409. The Morgan fingerprint density at radius 2 is 1.77 bits per heavy atom. The molecule has 0 spiro atoms. The molecule has 0 aliphatic rings. The van der Waals surface area contributed by atoms with E-state index in [2.05, 4.69) is 10.4 Å². The molecule has 0 bridgehead atoms. The Kier molecular flexibility index (Phi) is 4.41. The maximum absolute atomic E-state index is 12.2. The molecule has 0 saturated heterocycles.